The number of hydrogen-bond acceptors (Lipinski definition) is 2. The van der Waals surface area contributed by atoms with Crippen LogP contribution in [0.4, 0.5) is 0 Å². The number of aromatic nitrogens is 1. The van der Waals surface area contributed by atoms with Gasteiger partial charge in [-0.2, -0.15) is 0 Å². The van der Waals surface area contributed by atoms with Crippen LogP contribution in [0.2, 0.25) is 0 Å². The minimum atomic E-state index is -3.02. The topological polar surface area (TPSA) is 39.1 Å². The fourth-order valence-corrected chi connectivity index (χ4v) is 2.63. The number of nitrogens with zero attached hydrogens (tertiary/aromatic N) is 1. The number of rotatable bonds is 1. The molecule has 0 radical (unpaired) electrons. The normalized spacial score (nSPS) is 16.4. The molecule has 0 N–H and O–H groups in total. The van der Waals surface area contributed by atoms with Gasteiger partial charge in [-0.15, -0.1) is 0 Å². The number of hydrogen-bond donors (Lipinski definition) is 0. The molecule has 0 spiro atoms. The van der Waals surface area contributed by atoms with Gasteiger partial charge in [-0.25, -0.2) is 8.42 Å². The van der Waals surface area contributed by atoms with Crippen LogP contribution in [0.3, 0.4) is 0 Å². The number of fused-ring (bicyclic) bond motifs is 1. The molecule has 12 heavy (non-hydrogen) atoms. The Morgan fingerprint density at radius 2 is 2.17 bits per heavy atom. The zero-order valence-electron chi connectivity index (χ0n) is 6.95. The van der Waals surface area contributed by atoms with Gasteiger partial charge in [-0.05, 0) is 25.0 Å². The highest BCUT2D eigenvalue weighted by molar-refractivity contribution is 7.90. The molecule has 0 atom stereocenters. The van der Waals surface area contributed by atoms with Gasteiger partial charge in [0.1, 0.15) is 5.03 Å². The Kier molecular flexibility index (Phi) is 1.54. The lowest BCUT2D eigenvalue weighted by Crippen LogP contribution is -2.05. The summed E-state index contributed by atoms with van der Waals surface area (Å²) in [5.41, 5.74) is 1.15. The first-order valence-electron chi connectivity index (χ1n) is 3.97. The Balaban J connectivity index is 2.61. The molecule has 66 valence electrons. The molecule has 1 aromatic heterocycles. The Morgan fingerprint density at radius 3 is 2.83 bits per heavy atom. The average molecular weight is 185 g/mol. The third-order valence-electron chi connectivity index (χ3n) is 2.23. The summed E-state index contributed by atoms with van der Waals surface area (Å²) in [4.78, 5) is 0. The van der Waals surface area contributed by atoms with Crippen molar-refractivity contribution in [1.29, 1.82) is 0 Å². The van der Waals surface area contributed by atoms with Crippen molar-refractivity contribution >= 4 is 9.84 Å². The van der Waals surface area contributed by atoms with Crippen LogP contribution in [0.25, 0.3) is 0 Å². The second-order valence-corrected chi connectivity index (χ2v) is 5.15. The van der Waals surface area contributed by atoms with E-state index < -0.39 is 9.84 Å². The summed E-state index contributed by atoms with van der Waals surface area (Å²) in [6.07, 6.45) is 3.34. The first kappa shape index (κ1) is 7.86. The largest absolute Gasteiger partial charge is 0.336 e. The van der Waals surface area contributed by atoms with Gasteiger partial charge >= 0.3 is 0 Å². The van der Waals surface area contributed by atoms with Crippen LogP contribution >= 0.6 is 0 Å². The van der Waals surface area contributed by atoms with Crippen LogP contribution in [-0.2, 0) is 22.8 Å². The van der Waals surface area contributed by atoms with Crippen molar-refractivity contribution in [2.75, 3.05) is 6.26 Å². The molecule has 0 bridgehead atoms. The van der Waals surface area contributed by atoms with E-state index in [0.717, 1.165) is 25.1 Å². The van der Waals surface area contributed by atoms with Crippen LogP contribution in [0.1, 0.15) is 12.1 Å². The molecule has 3 nitrogen and oxygen atoms in total. The summed E-state index contributed by atoms with van der Waals surface area (Å²) in [7, 11) is -3.02. The standard InChI is InChI=1S/C8H11NO2S/c1-12(10,11)8-5-4-7-3-2-6-9(7)8/h4-5H,2-3,6H2,1H3. The van der Waals surface area contributed by atoms with E-state index in [1.165, 1.54) is 6.26 Å². The quantitative estimate of drug-likeness (QED) is 0.650. The average Bonchev–Trinajstić information content (AvgIpc) is 2.37. The van der Waals surface area contributed by atoms with Crippen molar-refractivity contribution in [2.24, 2.45) is 0 Å². The highest BCUT2D eigenvalue weighted by Crippen LogP contribution is 2.21. The lowest BCUT2D eigenvalue weighted by molar-refractivity contribution is 0.584. The maximum absolute atomic E-state index is 11.2. The van der Waals surface area contributed by atoms with Crippen molar-refractivity contribution in [1.82, 2.24) is 4.57 Å². The Bertz CT molecular complexity index is 403. The summed E-state index contributed by atoms with van der Waals surface area (Å²) >= 11 is 0. The minimum absolute atomic E-state index is 0.468. The van der Waals surface area contributed by atoms with E-state index in [0.29, 0.717) is 5.03 Å². The van der Waals surface area contributed by atoms with E-state index >= 15 is 0 Å². The predicted molar refractivity (Wildman–Crippen MR) is 45.9 cm³/mol. The van der Waals surface area contributed by atoms with Crippen LogP contribution in [-0.4, -0.2) is 19.2 Å². The molecular weight excluding hydrogens is 174 g/mol. The minimum Gasteiger partial charge on any atom is -0.336 e. The van der Waals surface area contributed by atoms with Gasteiger partial charge in [0.2, 0.25) is 0 Å². The van der Waals surface area contributed by atoms with Crippen molar-refractivity contribution in [2.45, 2.75) is 24.4 Å². The van der Waals surface area contributed by atoms with Gasteiger partial charge in [0.05, 0.1) is 0 Å². The van der Waals surface area contributed by atoms with E-state index in [9.17, 15) is 8.42 Å². The molecule has 0 aromatic carbocycles. The molecule has 2 heterocycles. The summed E-state index contributed by atoms with van der Waals surface area (Å²) in [5.74, 6) is 0. The maximum atomic E-state index is 11.2. The van der Waals surface area contributed by atoms with Crippen molar-refractivity contribution in [3.05, 3.63) is 17.8 Å². The second-order valence-electron chi connectivity index (χ2n) is 3.19. The van der Waals surface area contributed by atoms with Gasteiger partial charge < -0.3 is 4.57 Å². The van der Waals surface area contributed by atoms with E-state index in [1.807, 2.05) is 10.6 Å². The van der Waals surface area contributed by atoms with E-state index in [4.69, 9.17) is 0 Å². The van der Waals surface area contributed by atoms with Crippen molar-refractivity contribution in [3.63, 3.8) is 0 Å². The van der Waals surface area contributed by atoms with E-state index in [1.54, 1.807) is 6.07 Å². The lowest BCUT2D eigenvalue weighted by atomic mass is 10.3. The fourth-order valence-electron chi connectivity index (χ4n) is 1.70. The van der Waals surface area contributed by atoms with Crippen LogP contribution in [0.15, 0.2) is 17.2 Å². The molecule has 1 aliphatic heterocycles. The third-order valence-corrected chi connectivity index (χ3v) is 3.34. The first-order chi connectivity index (χ1) is 5.59. The molecule has 4 heteroatoms. The number of sulfone groups is 1. The molecule has 0 unspecified atom stereocenters. The Labute approximate surface area is 71.9 Å². The fraction of sp³-hybridized carbons (Fsp3) is 0.500. The molecule has 0 aliphatic carbocycles. The lowest BCUT2D eigenvalue weighted by Gasteiger charge is -2.02. The van der Waals surface area contributed by atoms with Crippen LogP contribution in [0, 0.1) is 0 Å². The molecule has 1 aliphatic rings. The second kappa shape index (κ2) is 2.36. The molecule has 0 amide bonds. The Hall–Kier alpha value is -0.770. The monoisotopic (exact) mass is 185 g/mol. The highest BCUT2D eigenvalue weighted by atomic mass is 32.2. The summed E-state index contributed by atoms with van der Waals surface area (Å²) < 4.78 is 24.4. The molecule has 0 saturated carbocycles. The SMILES string of the molecule is CS(=O)(=O)c1ccc2n1CCC2. The molecule has 2 rings (SSSR count). The summed E-state index contributed by atoms with van der Waals surface area (Å²) in [5, 5.41) is 0.468. The zero-order valence-corrected chi connectivity index (χ0v) is 7.76. The highest BCUT2D eigenvalue weighted by Gasteiger charge is 2.19. The molecule has 1 aromatic rings. The summed E-state index contributed by atoms with van der Waals surface area (Å²) in [6, 6.07) is 3.60. The van der Waals surface area contributed by atoms with Gasteiger partial charge in [-0.3, -0.25) is 0 Å². The van der Waals surface area contributed by atoms with Gasteiger partial charge in [0.25, 0.3) is 0 Å². The molecule has 0 saturated heterocycles. The van der Waals surface area contributed by atoms with Crippen molar-refractivity contribution < 1.29 is 8.42 Å². The third kappa shape index (κ3) is 1.06. The predicted octanol–water partition coefficient (Wildman–Crippen LogP) is 0.838. The first-order valence-corrected chi connectivity index (χ1v) is 5.86. The van der Waals surface area contributed by atoms with Crippen LogP contribution < -0.4 is 0 Å². The van der Waals surface area contributed by atoms with E-state index in [2.05, 4.69) is 0 Å². The summed E-state index contributed by atoms with van der Waals surface area (Å²) in [6.45, 7) is 0.852. The molecule has 0 fully saturated rings. The van der Waals surface area contributed by atoms with Crippen molar-refractivity contribution in [3.8, 4) is 0 Å². The van der Waals surface area contributed by atoms with Gasteiger partial charge in [0.15, 0.2) is 9.84 Å². The molecular formula is C8H11NO2S. The van der Waals surface area contributed by atoms with E-state index in [-0.39, 0.29) is 0 Å². The smallest absolute Gasteiger partial charge is 0.190 e. The van der Waals surface area contributed by atoms with Gasteiger partial charge in [0, 0.05) is 18.5 Å². The zero-order chi connectivity index (χ0) is 8.77. The van der Waals surface area contributed by atoms with Crippen LogP contribution in [0.5, 0.6) is 0 Å². The maximum Gasteiger partial charge on any atom is 0.190 e. The number of aryl methyl sites for hydroxylation is 1. The Morgan fingerprint density at radius 1 is 1.42 bits per heavy atom. The van der Waals surface area contributed by atoms with Gasteiger partial charge in [-0.1, -0.05) is 0 Å².